The van der Waals surface area contributed by atoms with Crippen LogP contribution in [0, 0.1) is 0 Å². The first-order valence-electron chi connectivity index (χ1n) is 6.37. The molecule has 0 saturated carbocycles. The van der Waals surface area contributed by atoms with Crippen LogP contribution in [0.25, 0.3) is 0 Å². The summed E-state index contributed by atoms with van der Waals surface area (Å²) in [6.07, 6.45) is 5.77. The minimum Gasteiger partial charge on any atom is -0.487 e. The summed E-state index contributed by atoms with van der Waals surface area (Å²) in [4.78, 5) is 6.33. The maximum atomic E-state index is 5.95. The fourth-order valence-electron chi connectivity index (χ4n) is 2.21. The van der Waals surface area contributed by atoms with E-state index in [1.807, 2.05) is 6.07 Å². The molecule has 0 amide bonds. The van der Waals surface area contributed by atoms with Crippen LogP contribution in [-0.2, 0) is 4.74 Å². The number of methoxy groups -OCH3 is 1. The SMILES string of the molecule is COCCN1CCCC(Oc2ccncc2N)C1. The van der Waals surface area contributed by atoms with E-state index in [0.29, 0.717) is 5.69 Å². The van der Waals surface area contributed by atoms with Gasteiger partial charge in [0.1, 0.15) is 11.9 Å². The van der Waals surface area contributed by atoms with Gasteiger partial charge in [-0.3, -0.25) is 9.88 Å². The first-order chi connectivity index (χ1) is 8.79. The molecule has 2 rings (SSSR count). The van der Waals surface area contributed by atoms with E-state index in [2.05, 4.69) is 9.88 Å². The molecule has 5 heteroatoms. The fraction of sp³-hybridized carbons (Fsp3) is 0.615. The molecule has 2 heterocycles. The van der Waals surface area contributed by atoms with E-state index < -0.39 is 0 Å². The van der Waals surface area contributed by atoms with Gasteiger partial charge in [0, 0.05) is 32.5 Å². The van der Waals surface area contributed by atoms with Crippen LogP contribution in [0.15, 0.2) is 18.5 Å². The lowest BCUT2D eigenvalue weighted by Crippen LogP contribution is -2.42. The molecule has 1 aromatic heterocycles. The smallest absolute Gasteiger partial charge is 0.145 e. The number of piperidine rings is 1. The largest absolute Gasteiger partial charge is 0.487 e. The molecule has 5 nitrogen and oxygen atoms in total. The second-order valence-corrected chi connectivity index (χ2v) is 4.59. The summed E-state index contributed by atoms with van der Waals surface area (Å²) in [5.74, 6) is 0.739. The molecule has 2 N–H and O–H groups in total. The van der Waals surface area contributed by atoms with Crippen molar-refractivity contribution in [3.8, 4) is 5.75 Å². The van der Waals surface area contributed by atoms with Gasteiger partial charge >= 0.3 is 0 Å². The molecule has 18 heavy (non-hydrogen) atoms. The van der Waals surface area contributed by atoms with E-state index in [9.17, 15) is 0 Å². The van der Waals surface area contributed by atoms with Crippen LogP contribution in [0.4, 0.5) is 5.69 Å². The number of aromatic nitrogens is 1. The van der Waals surface area contributed by atoms with Crippen molar-refractivity contribution in [2.24, 2.45) is 0 Å². The standard InChI is InChI=1S/C13H21N3O2/c1-17-8-7-16-6-2-3-11(10-16)18-13-4-5-15-9-12(13)14/h4-5,9,11H,2-3,6-8,10,14H2,1H3. The number of anilines is 1. The Hall–Kier alpha value is -1.33. The van der Waals surface area contributed by atoms with Crippen molar-refractivity contribution in [2.45, 2.75) is 18.9 Å². The van der Waals surface area contributed by atoms with Crippen LogP contribution in [0.1, 0.15) is 12.8 Å². The van der Waals surface area contributed by atoms with Crippen LogP contribution in [-0.4, -0.2) is 49.3 Å². The van der Waals surface area contributed by atoms with Gasteiger partial charge in [-0.25, -0.2) is 0 Å². The van der Waals surface area contributed by atoms with Gasteiger partial charge in [0.05, 0.1) is 18.5 Å². The normalized spacial score (nSPS) is 20.8. The number of likely N-dealkylation sites (tertiary alicyclic amines) is 1. The minimum absolute atomic E-state index is 0.209. The molecular weight excluding hydrogens is 230 g/mol. The first kappa shape index (κ1) is 13.1. The van der Waals surface area contributed by atoms with Gasteiger partial charge in [-0.15, -0.1) is 0 Å². The third-order valence-electron chi connectivity index (χ3n) is 3.18. The number of nitrogen functional groups attached to an aromatic ring is 1. The molecule has 1 fully saturated rings. The quantitative estimate of drug-likeness (QED) is 0.850. The number of rotatable bonds is 5. The van der Waals surface area contributed by atoms with E-state index in [-0.39, 0.29) is 6.10 Å². The number of hydrogen-bond acceptors (Lipinski definition) is 5. The summed E-state index contributed by atoms with van der Waals surface area (Å²) in [7, 11) is 1.73. The molecule has 0 aliphatic carbocycles. The van der Waals surface area contributed by atoms with Gasteiger partial charge in [-0.1, -0.05) is 0 Å². The van der Waals surface area contributed by atoms with E-state index in [1.54, 1.807) is 19.5 Å². The Bertz CT molecular complexity index is 373. The molecule has 1 atom stereocenters. The van der Waals surface area contributed by atoms with Gasteiger partial charge in [-0.05, 0) is 19.4 Å². The number of hydrogen-bond donors (Lipinski definition) is 1. The highest BCUT2D eigenvalue weighted by Crippen LogP contribution is 2.23. The summed E-state index contributed by atoms with van der Waals surface area (Å²) in [5, 5.41) is 0. The Morgan fingerprint density at radius 1 is 1.56 bits per heavy atom. The van der Waals surface area contributed by atoms with Crippen molar-refractivity contribution in [3.05, 3.63) is 18.5 Å². The predicted octanol–water partition coefficient (Wildman–Crippen LogP) is 1.15. The summed E-state index contributed by atoms with van der Waals surface area (Å²) >= 11 is 0. The molecule has 1 aliphatic heterocycles. The second kappa shape index (κ2) is 6.56. The number of pyridine rings is 1. The summed E-state index contributed by atoms with van der Waals surface area (Å²) in [6, 6.07) is 1.82. The van der Waals surface area contributed by atoms with Crippen molar-refractivity contribution in [1.29, 1.82) is 0 Å². The second-order valence-electron chi connectivity index (χ2n) is 4.59. The Kier molecular flexibility index (Phi) is 4.78. The van der Waals surface area contributed by atoms with Crippen LogP contribution in [0.3, 0.4) is 0 Å². The van der Waals surface area contributed by atoms with Crippen LogP contribution < -0.4 is 10.5 Å². The van der Waals surface area contributed by atoms with Crippen LogP contribution in [0.2, 0.25) is 0 Å². The van der Waals surface area contributed by atoms with Crippen molar-refractivity contribution < 1.29 is 9.47 Å². The zero-order valence-corrected chi connectivity index (χ0v) is 10.8. The highest BCUT2D eigenvalue weighted by Gasteiger charge is 2.21. The predicted molar refractivity (Wildman–Crippen MR) is 70.6 cm³/mol. The van der Waals surface area contributed by atoms with Gasteiger partial charge in [0.25, 0.3) is 0 Å². The van der Waals surface area contributed by atoms with E-state index >= 15 is 0 Å². The number of nitrogens with zero attached hydrogens (tertiary/aromatic N) is 2. The fourth-order valence-corrected chi connectivity index (χ4v) is 2.21. The third-order valence-corrected chi connectivity index (χ3v) is 3.18. The average molecular weight is 251 g/mol. The molecule has 0 radical (unpaired) electrons. The van der Waals surface area contributed by atoms with Gasteiger partial charge in [0.2, 0.25) is 0 Å². The highest BCUT2D eigenvalue weighted by atomic mass is 16.5. The van der Waals surface area contributed by atoms with Crippen molar-refractivity contribution >= 4 is 5.69 Å². The molecule has 0 spiro atoms. The lowest BCUT2D eigenvalue weighted by atomic mass is 10.1. The lowest BCUT2D eigenvalue weighted by Gasteiger charge is -2.32. The van der Waals surface area contributed by atoms with E-state index in [1.165, 1.54) is 0 Å². The highest BCUT2D eigenvalue weighted by molar-refractivity contribution is 5.49. The van der Waals surface area contributed by atoms with Gasteiger partial charge < -0.3 is 15.2 Å². The van der Waals surface area contributed by atoms with E-state index in [4.69, 9.17) is 15.2 Å². The van der Waals surface area contributed by atoms with Crippen molar-refractivity contribution in [3.63, 3.8) is 0 Å². The zero-order chi connectivity index (χ0) is 12.8. The molecule has 1 aromatic rings. The lowest BCUT2D eigenvalue weighted by molar-refractivity contribution is 0.0686. The maximum Gasteiger partial charge on any atom is 0.145 e. The Labute approximate surface area is 108 Å². The summed E-state index contributed by atoms with van der Waals surface area (Å²) in [5.41, 5.74) is 6.43. The monoisotopic (exact) mass is 251 g/mol. The molecule has 0 bridgehead atoms. The minimum atomic E-state index is 0.209. The molecular formula is C13H21N3O2. The third kappa shape index (κ3) is 3.58. The molecule has 1 saturated heterocycles. The Morgan fingerprint density at radius 3 is 3.22 bits per heavy atom. The number of nitrogens with two attached hydrogens (primary N) is 1. The number of ether oxygens (including phenoxy) is 2. The van der Waals surface area contributed by atoms with Crippen LogP contribution >= 0.6 is 0 Å². The van der Waals surface area contributed by atoms with Crippen molar-refractivity contribution in [1.82, 2.24) is 9.88 Å². The summed E-state index contributed by atoms with van der Waals surface area (Å²) < 4.78 is 11.1. The molecule has 1 unspecified atom stereocenters. The van der Waals surface area contributed by atoms with Gasteiger partial charge in [-0.2, -0.15) is 0 Å². The zero-order valence-electron chi connectivity index (χ0n) is 10.8. The van der Waals surface area contributed by atoms with Crippen molar-refractivity contribution in [2.75, 3.05) is 39.1 Å². The molecule has 100 valence electrons. The average Bonchev–Trinajstić information content (AvgIpc) is 2.40. The first-order valence-corrected chi connectivity index (χ1v) is 6.37. The van der Waals surface area contributed by atoms with Gasteiger partial charge in [0.15, 0.2) is 0 Å². The maximum absolute atomic E-state index is 5.95. The molecule has 1 aliphatic rings. The van der Waals surface area contributed by atoms with E-state index in [0.717, 1.165) is 44.8 Å². The van der Waals surface area contributed by atoms with Crippen LogP contribution in [0.5, 0.6) is 5.75 Å². The Balaban J connectivity index is 1.87. The summed E-state index contributed by atoms with van der Waals surface area (Å²) in [6.45, 7) is 3.78. The topological polar surface area (TPSA) is 60.6 Å². The Morgan fingerprint density at radius 2 is 2.44 bits per heavy atom. The molecule has 0 aromatic carbocycles.